The van der Waals surface area contributed by atoms with Crippen molar-refractivity contribution in [3.8, 4) is 5.75 Å². The highest BCUT2D eigenvalue weighted by Gasteiger charge is 2.24. The molecule has 0 aliphatic rings. The van der Waals surface area contributed by atoms with Crippen LogP contribution in [0.2, 0.25) is 0 Å². The number of rotatable bonds is 6. The Hall–Kier alpha value is -1.67. The van der Waals surface area contributed by atoms with Crippen molar-refractivity contribution in [2.75, 3.05) is 0 Å². The van der Waals surface area contributed by atoms with E-state index in [1.54, 1.807) is 6.92 Å². The molecular formula is C12H18N2O5S. The van der Waals surface area contributed by atoms with Gasteiger partial charge in [0.1, 0.15) is 10.6 Å². The molecule has 7 nitrogen and oxygen atoms in total. The van der Waals surface area contributed by atoms with Crippen LogP contribution in [-0.4, -0.2) is 19.4 Å². The van der Waals surface area contributed by atoms with Crippen molar-refractivity contribution in [3.63, 3.8) is 0 Å². The van der Waals surface area contributed by atoms with Crippen molar-refractivity contribution >= 4 is 15.7 Å². The van der Waals surface area contributed by atoms with E-state index in [0.717, 1.165) is 6.07 Å². The molecule has 8 heteroatoms. The van der Waals surface area contributed by atoms with Crippen LogP contribution in [0.15, 0.2) is 17.0 Å². The van der Waals surface area contributed by atoms with Gasteiger partial charge in [0.25, 0.3) is 5.69 Å². The molecule has 0 unspecified atom stereocenters. The van der Waals surface area contributed by atoms with E-state index in [2.05, 4.69) is 0 Å². The van der Waals surface area contributed by atoms with Gasteiger partial charge in [-0.3, -0.25) is 10.1 Å². The number of hydrogen-bond donors (Lipinski definition) is 1. The van der Waals surface area contributed by atoms with E-state index >= 15 is 0 Å². The molecule has 0 spiro atoms. The van der Waals surface area contributed by atoms with Gasteiger partial charge in [-0.1, -0.05) is 13.8 Å². The smallest absolute Gasteiger partial charge is 0.271 e. The number of nitro benzene ring substituents is 1. The Bertz CT molecular complexity index is 609. The number of nitrogens with zero attached hydrogens (tertiary/aromatic N) is 1. The molecule has 1 aromatic rings. The molecule has 0 bridgehead atoms. The Kier molecular flexibility index (Phi) is 5.07. The molecule has 1 rings (SSSR count). The van der Waals surface area contributed by atoms with E-state index in [9.17, 15) is 18.5 Å². The zero-order chi connectivity index (χ0) is 15.5. The molecule has 0 atom stereocenters. The number of ether oxygens (including phenoxy) is 1. The van der Waals surface area contributed by atoms with Gasteiger partial charge in [-0.2, -0.15) is 0 Å². The highest BCUT2D eigenvalue weighted by Crippen LogP contribution is 2.33. The number of hydrogen-bond acceptors (Lipinski definition) is 5. The molecule has 1 aromatic carbocycles. The molecule has 0 radical (unpaired) electrons. The fourth-order valence-corrected chi connectivity index (χ4v) is 2.57. The number of aryl methyl sites for hydroxylation is 1. The maximum Gasteiger partial charge on any atom is 0.271 e. The van der Waals surface area contributed by atoms with Crippen LogP contribution >= 0.6 is 0 Å². The summed E-state index contributed by atoms with van der Waals surface area (Å²) in [7, 11) is -4.10. The third-order valence-corrected chi connectivity index (χ3v) is 3.85. The second-order valence-corrected chi connectivity index (χ2v) is 5.98. The first-order valence-corrected chi connectivity index (χ1v) is 7.73. The minimum atomic E-state index is -4.10. The largest absolute Gasteiger partial charge is 0.489 e. The van der Waals surface area contributed by atoms with Crippen molar-refractivity contribution in [1.29, 1.82) is 0 Å². The van der Waals surface area contributed by atoms with Crippen LogP contribution in [-0.2, 0) is 10.0 Å². The number of non-ortho nitro benzene ring substituents is 1. The summed E-state index contributed by atoms with van der Waals surface area (Å²) in [5.74, 6) is 0.0896. The second kappa shape index (κ2) is 6.19. The van der Waals surface area contributed by atoms with Crippen LogP contribution in [0.3, 0.4) is 0 Å². The van der Waals surface area contributed by atoms with Gasteiger partial charge in [-0.15, -0.1) is 0 Å². The quantitative estimate of drug-likeness (QED) is 0.638. The predicted octanol–water partition coefficient (Wildman–Crippen LogP) is 2.12. The summed E-state index contributed by atoms with van der Waals surface area (Å²) < 4.78 is 28.9. The van der Waals surface area contributed by atoms with Crippen molar-refractivity contribution in [1.82, 2.24) is 0 Å². The molecule has 0 fully saturated rings. The zero-order valence-corrected chi connectivity index (χ0v) is 12.4. The number of primary sulfonamides is 1. The summed E-state index contributed by atoms with van der Waals surface area (Å²) in [6.45, 7) is 5.37. The minimum Gasteiger partial charge on any atom is -0.489 e. The lowest BCUT2D eigenvalue weighted by atomic mass is 10.1. The van der Waals surface area contributed by atoms with Crippen molar-refractivity contribution in [2.45, 2.75) is 44.6 Å². The van der Waals surface area contributed by atoms with Gasteiger partial charge in [0.05, 0.1) is 11.0 Å². The van der Waals surface area contributed by atoms with Crippen molar-refractivity contribution in [3.05, 3.63) is 27.8 Å². The van der Waals surface area contributed by atoms with Gasteiger partial charge >= 0.3 is 0 Å². The first-order valence-electron chi connectivity index (χ1n) is 6.19. The van der Waals surface area contributed by atoms with Crippen molar-refractivity contribution < 1.29 is 18.1 Å². The Labute approximate surface area is 117 Å². The normalized spacial score (nSPS) is 11.7. The lowest BCUT2D eigenvalue weighted by molar-refractivity contribution is -0.385. The van der Waals surface area contributed by atoms with E-state index in [4.69, 9.17) is 9.88 Å². The van der Waals surface area contributed by atoms with Gasteiger partial charge in [0, 0.05) is 12.1 Å². The zero-order valence-electron chi connectivity index (χ0n) is 11.6. The summed E-state index contributed by atoms with van der Waals surface area (Å²) in [5.41, 5.74) is 0.0403. The van der Waals surface area contributed by atoms with Gasteiger partial charge in [0.2, 0.25) is 10.0 Å². The van der Waals surface area contributed by atoms with E-state index in [-0.39, 0.29) is 22.4 Å². The number of nitro groups is 1. The van der Waals surface area contributed by atoms with Gasteiger partial charge < -0.3 is 4.74 Å². The van der Waals surface area contributed by atoms with Crippen LogP contribution in [0.1, 0.15) is 32.3 Å². The number of benzene rings is 1. The maximum atomic E-state index is 11.6. The SMILES string of the molecule is CCC(CC)Oc1c(C)cc([N+](=O)[O-])cc1S(N)(=O)=O. The van der Waals surface area contributed by atoms with Gasteiger partial charge in [0.15, 0.2) is 0 Å². The van der Waals surface area contributed by atoms with Crippen LogP contribution in [0.4, 0.5) is 5.69 Å². The molecule has 0 aliphatic carbocycles. The average Bonchev–Trinajstić information content (AvgIpc) is 2.35. The highest BCUT2D eigenvalue weighted by molar-refractivity contribution is 7.89. The average molecular weight is 302 g/mol. The monoisotopic (exact) mass is 302 g/mol. The molecule has 0 saturated carbocycles. The fourth-order valence-electron chi connectivity index (χ4n) is 1.81. The van der Waals surface area contributed by atoms with E-state index in [0.29, 0.717) is 18.4 Å². The molecule has 0 amide bonds. The first kappa shape index (κ1) is 16.4. The van der Waals surface area contributed by atoms with E-state index in [1.165, 1.54) is 6.07 Å². The lowest BCUT2D eigenvalue weighted by Gasteiger charge is -2.19. The second-order valence-electron chi connectivity index (χ2n) is 4.45. The van der Waals surface area contributed by atoms with Crippen LogP contribution in [0.5, 0.6) is 5.75 Å². The predicted molar refractivity (Wildman–Crippen MR) is 74.2 cm³/mol. The van der Waals surface area contributed by atoms with Crippen molar-refractivity contribution in [2.24, 2.45) is 5.14 Å². The van der Waals surface area contributed by atoms with Crippen LogP contribution in [0, 0.1) is 17.0 Å². The summed E-state index contributed by atoms with van der Waals surface area (Å²) in [6.07, 6.45) is 1.21. The number of sulfonamides is 1. The Morgan fingerprint density at radius 2 is 1.90 bits per heavy atom. The fraction of sp³-hybridized carbons (Fsp3) is 0.500. The summed E-state index contributed by atoms with van der Waals surface area (Å²) >= 11 is 0. The molecule has 0 saturated heterocycles. The standard InChI is InChI=1S/C12H18N2O5S/c1-4-10(5-2)19-12-8(3)6-9(14(15)16)7-11(12)20(13,17)18/h6-7,10H,4-5H2,1-3H3,(H2,13,17,18). The Morgan fingerprint density at radius 1 is 1.35 bits per heavy atom. The van der Waals surface area contributed by atoms with Crippen LogP contribution < -0.4 is 9.88 Å². The molecule has 0 aliphatic heterocycles. The first-order chi connectivity index (χ1) is 9.20. The summed E-state index contributed by atoms with van der Waals surface area (Å²) in [4.78, 5) is 9.79. The summed E-state index contributed by atoms with van der Waals surface area (Å²) in [6, 6.07) is 2.20. The Morgan fingerprint density at radius 3 is 2.30 bits per heavy atom. The molecule has 112 valence electrons. The molecule has 0 aromatic heterocycles. The molecule has 2 N–H and O–H groups in total. The number of nitrogens with two attached hydrogens (primary N) is 1. The van der Waals surface area contributed by atoms with E-state index in [1.807, 2.05) is 13.8 Å². The maximum absolute atomic E-state index is 11.6. The Balaban J connectivity index is 3.46. The highest BCUT2D eigenvalue weighted by atomic mass is 32.2. The van der Waals surface area contributed by atoms with Crippen LogP contribution in [0.25, 0.3) is 0 Å². The third-order valence-electron chi connectivity index (χ3n) is 2.94. The molecular weight excluding hydrogens is 284 g/mol. The topological polar surface area (TPSA) is 113 Å². The molecule has 20 heavy (non-hydrogen) atoms. The third kappa shape index (κ3) is 3.67. The van der Waals surface area contributed by atoms with Gasteiger partial charge in [-0.25, -0.2) is 13.6 Å². The van der Waals surface area contributed by atoms with E-state index < -0.39 is 14.9 Å². The lowest BCUT2D eigenvalue weighted by Crippen LogP contribution is -2.19. The van der Waals surface area contributed by atoms with Gasteiger partial charge in [-0.05, 0) is 25.3 Å². The summed E-state index contributed by atoms with van der Waals surface area (Å²) in [5, 5.41) is 15.9. The minimum absolute atomic E-state index is 0.0896. The molecule has 0 heterocycles.